The Morgan fingerprint density at radius 2 is 1.67 bits per heavy atom. The summed E-state index contributed by atoms with van der Waals surface area (Å²) in [7, 11) is 1.44. The van der Waals surface area contributed by atoms with Crippen LogP contribution in [-0.2, 0) is 13.0 Å². The number of aromatic nitrogens is 4. The van der Waals surface area contributed by atoms with Gasteiger partial charge in [0.05, 0.1) is 16.6 Å². The predicted octanol–water partition coefficient (Wildman–Crippen LogP) is 2.58. The van der Waals surface area contributed by atoms with Crippen molar-refractivity contribution in [1.29, 1.82) is 0 Å². The van der Waals surface area contributed by atoms with Gasteiger partial charge < -0.3 is 9.47 Å². The van der Waals surface area contributed by atoms with E-state index in [1.807, 2.05) is 4.90 Å². The quantitative estimate of drug-likeness (QED) is 0.611. The summed E-state index contributed by atoms with van der Waals surface area (Å²) >= 11 is 0. The number of benzene rings is 1. The van der Waals surface area contributed by atoms with E-state index in [0.29, 0.717) is 42.9 Å². The van der Waals surface area contributed by atoms with Gasteiger partial charge in [0.15, 0.2) is 0 Å². The number of anilines is 1. The summed E-state index contributed by atoms with van der Waals surface area (Å²) in [5.74, 6) is -3.16. The summed E-state index contributed by atoms with van der Waals surface area (Å²) in [5.41, 5.74) is -0.781. The van der Waals surface area contributed by atoms with Gasteiger partial charge in [-0.3, -0.25) is 14.2 Å². The molecule has 3 aromatic rings. The largest absolute Gasteiger partial charge is 0.341 e. The first kappa shape index (κ1) is 20.1. The van der Waals surface area contributed by atoms with Gasteiger partial charge in [0.2, 0.25) is 5.95 Å². The Hall–Kier alpha value is -3.17. The molecule has 0 amide bonds. The first-order valence-corrected chi connectivity index (χ1v) is 9.53. The van der Waals surface area contributed by atoms with Crippen LogP contribution in [0.5, 0.6) is 0 Å². The standard InChI is InChI=1S/C20H20F3N5O2/c1-20(22,23)12-10-24-19(25-11-12)27-7-5-14(6-8-27)28-15-4-3-13(21)9-16(15)26(2)17(29)18(28)30/h3-4,9-11,14H,5-8H2,1-2H3. The highest BCUT2D eigenvalue weighted by Gasteiger charge is 2.28. The topological polar surface area (TPSA) is 73.0 Å². The first-order chi connectivity index (χ1) is 14.2. The van der Waals surface area contributed by atoms with Crippen molar-refractivity contribution in [1.82, 2.24) is 19.1 Å². The molecule has 1 aliphatic rings. The van der Waals surface area contributed by atoms with E-state index in [4.69, 9.17) is 0 Å². The van der Waals surface area contributed by atoms with Gasteiger partial charge in [0.1, 0.15) is 5.82 Å². The molecule has 0 bridgehead atoms. The molecule has 158 valence electrons. The molecule has 4 rings (SSSR count). The number of rotatable bonds is 3. The second kappa shape index (κ2) is 7.26. The van der Waals surface area contributed by atoms with Gasteiger partial charge in [-0.1, -0.05) is 0 Å². The molecule has 10 heteroatoms. The Bertz CT molecular complexity index is 1210. The Labute approximate surface area is 169 Å². The molecule has 0 atom stereocenters. The Morgan fingerprint density at radius 1 is 1.03 bits per heavy atom. The molecule has 0 radical (unpaired) electrons. The lowest BCUT2D eigenvalue weighted by atomic mass is 10.0. The fraction of sp³-hybridized carbons (Fsp3) is 0.400. The van der Waals surface area contributed by atoms with Gasteiger partial charge in [-0.2, -0.15) is 0 Å². The molecule has 0 spiro atoms. The van der Waals surface area contributed by atoms with Crippen molar-refractivity contribution in [2.24, 2.45) is 7.05 Å². The number of nitrogens with zero attached hydrogens (tertiary/aromatic N) is 5. The molecule has 2 aromatic heterocycles. The molecule has 1 aromatic carbocycles. The van der Waals surface area contributed by atoms with E-state index in [9.17, 15) is 22.8 Å². The van der Waals surface area contributed by atoms with E-state index in [-0.39, 0.29) is 11.6 Å². The van der Waals surface area contributed by atoms with Crippen molar-refractivity contribution in [2.75, 3.05) is 18.0 Å². The minimum absolute atomic E-state index is 0.255. The summed E-state index contributed by atoms with van der Waals surface area (Å²) in [6.07, 6.45) is 3.27. The van der Waals surface area contributed by atoms with Crippen LogP contribution < -0.4 is 16.0 Å². The highest BCUT2D eigenvalue weighted by Crippen LogP contribution is 2.28. The summed E-state index contributed by atoms with van der Waals surface area (Å²) in [6, 6.07) is 3.75. The van der Waals surface area contributed by atoms with E-state index in [0.717, 1.165) is 23.9 Å². The van der Waals surface area contributed by atoms with Crippen molar-refractivity contribution >= 4 is 17.0 Å². The molecule has 7 nitrogen and oxygen atoms in total. The fourth-order valence-electron chi connectivity index (χ4n) is 3.83. The smallest absolute Gasteiger partial charge is 0.317 e. The van der Waals surface area contributed by atoms with E-state index in [2.05, 4.69) is 9.97 Å². The average molecular weight is 419 g/mol. The number of alkyl halides is 2. The maximum absolute atomic E-state index is 13.7. The summed E-state index contributed by atoms with van der Waals surface area (Å²) in [5, 5.41) is 0. The van der Waals surface area contributed by atoms with Gasteiger partial charge in [0.25, 0.3) is 5.92 Å². The molecule has 30 heavy (non-hydrogen) atoms. The van der Waals surface area contributed by atoms with Crippen molar-refractivity contribution in [3.63, 3.8) is 0 Å². The lowest BCUT2D eigenvalue weighted by molar-refractivity contribution is 0.0167. The zero-order valence-electron chi connectivity index (χ0n) is 16.5. The maximum Gasteiger partial charge on any atom is 0.317 e. The summed E-state index contributed by atoms with van der Waals surface area (Å²) in [4.78, 5) is 35.0. The van der Waals surface area contributed by atoms with Crippen LogP contribution in [-0.4, -0.2) is 32.2 Å². The number of halogens is 3. The summed E-state index contributed by atoms with van der Waals surface area (Å²) < 4.78 is 43.0. The number of aryl methyl sites for hydroxylation is 1. The van der Waals surface area contributed by atoms with E-state index < -0.39 is 22.9 Å². The lowest BCUT2D eigenvalue weighted by Crippen LogP contribution is -2.45. The Kier molecular flexibility index (Phi) is 4.87. The molecule has 0 aliphatic carbocycles. The zero-order valence-corrected chi connectivity index (χ0v) is 16.5. The van der Waals surface area contributed by atoms with Crippen LogP contribution in [0.3, 0.4) is 0 Å². The van der Waals surface area contributed by atoms with Crippen molar-refractivity contribution in [3.05, 3.63) is 62.7 Å². The number of fused-ring (bicyclic) bond motifs is 1. The van der Waals surface area contributed by atoms with E-state index >= 15 is 0 Å². The maximum atomic E-state index is 13.7. The van der Waals surface area contributed by atoms with E-state index in [1.165, 1.54) is 29.8 Å². The monoisotopic (exact) mass is 419 g/mol. The van der Waals surface area contributed by atoms with E-state index in [1.54, 1.807) is 0 Å². The Morgan fingerprint density at radius 3 is 2.27 bits per heavy atom. The van der Waals surface area contributed by atoms with Gasteiger partial charge in [-0.25, -0.2) is 23.1 Å². The fourth-order valence-corrected chi connectivity index (χ4v) is 3.83. The third-order valence-electron chi connectivity index (χ3n) is 5.52. The second-order valence-electron chi connectivity index (χ2n) is 7.55. The molecular weight excluding hydrogens is 399 g/mol. The number of piperidine rings is 1. The normalized spacial score (nSPS) is 15.7. The molecule has 1 saturated heterocycles. The van der Waals surface area contributed by atoms with Crippen LogP contribution >= 0.6 is 0 Å². The van der Waals surface area contributed by atoms with Crippen LogP contribution in [0.15, 0.2) is 40.2 Å². The van der Waals surface area contributed by atoms with Crippen LogP contribution in [0.1, 0.15) is 31.4 Å². The van der Waals surface area contributed by atoms with Crippen LogP contribution in [0.25, 0.3) is 11.0 Å². The van der Waals surface area contributed by atoms with Gasteiger partial charge in [-0.05, 0) is 31.0 Å². The first-order valence-electron chi connectivity index (χ1n) is 9.53. The van der Waals surface area contributed by atoms with Crippen LogP contribution in [0.2, 0.25) is 0 Å². The highest BCUT2D eigenvalue weighted by molar-refractivity contribution is 5.75. The van der Waals surface area contributed by atoms with Crippen LogP contribution in [0, 0.1) is 5.82 Å². The molecular formula is C20H20F3N5O2. The number of hydrogen-bond acceptors (Lipinski definition) is 5. The molecule has 0 unspecified atom stereocenters. The van der Waals surface area contributed by atoms with Crippen molar-refractivity contribution in [3.8, 4) is 0 Å². The SMILES string of the molecule is Cn1c(=O)c(=O)n(C2CCN(c3ncc(C(C)(F)F)cn3)CC2)c2ccc(F)cc21. The van der Waals surface area contributed by atoms with Gasteiger partial charge in [0, 0.05) is 45.5 Å². The number of hydrogen-bond donors (Lipinski definition) is 0. The summed E-state index contributed by atoms with van der Waals surface area (Å²) in [6.45, 7) is 1.75. The molecule has 0 N–H and O–H groups in total. The molecule has 0 saturated carbocycles. The second-order valence-corrected chi connectivity index (χ2v) is 7.55. The van der Waals surface area contributed by atoms with Crippen molar-refractivity contribution in [2.45, 2.75) is 31.7 Å². The van der Waals surface area contributed by atoms with Gasteiger partial charge >= 0.3 is 11.1 Å². The zero-order chi connectivity index (χ0) is 21.6. The highest BCUT2D eigenvalue weighted by atomic mass is 19.3. The van der Waals surface area contributed by atoms with Crippen LogP contribution in [0.4, 0.5) is 19.1 Å². The minimum atomic E-state index is -3.01. The average Bonchev–Trinajstić information content (AvgIpc) is 2.73. The molecule has 1 aliphatic heterocycles. The van der Waals surface area contributed by atoms with Gasteiger partial charge in [-0.15, -0.1) is 0 Å². The lowest BCUT2D eigenvalue weighted by Gasteiger charge is -2.33. The predicted molar refractivity (Wildman–Crippen MR) is 105 cm³/mol. The molecule has 1 fully saturated rings. The molecule has 3 heterocycles. The third kappa shape index (κ3) is 3.46. The Balaban J connectivity index is 1.61. The van der Waals surface area contributed by atoms with Crippen molar-refractivity contribution < 1.29 is 13.2 Å². The minimum Gasteiger partial charge on any atom is -0.341 e. The third-order valence-corrected chi connectivity index (χ3v) is 5.52.